The average Bonchev–Trinajstić information content (AvgIpc) is 3.71. The van der Waals surface area contributed by atoms with Crippen LogP contribution in [-0.2, 0) is 50.7 Å². The van der Waals surface area contributed by atoms with E-state index in [0.29, 0.717) is 12.2 Å². The number of amides is 2. The molecule has 2 amide bonds. The second-order valence-corrected chi connectivity index (χ2v) is 19.2. The zero-order valence-electron chi connectivity index (χ0n) is 32.5. The lowest BCUT2D eigenvalue weighted by atomic mass is 9.87. The molecule has 0 aromatic carbocycles. The zero-order valence-corrected chi connectivity index (χ0v) is 36.0. The van der Waals surface area contributed by atoms with Crippen molar-refractivity contribution in [2.45, 2.75) is 96.4 Å². The highest BCUT2D eigenvalue weighted by molar-refractivity contribution is 8.13. The van der Waals surface area contributed by atoms with E-state index in [-0.39, 0.29) is 41.6 Å². The van der Waals surface area contributed by atoms with Crippen molar-refractivity contribution in [3.63, 3.8) is 0 Å². The molecule has 2 aromatic rings. The number of nitrogen functional groups attached to an aromatic ring is 1. The van der Waals surface area contributed by atoms with Gasteiger partial charge < -0.3 is 50.9 Å². The van der Waals surface area contributed by atoms with Crippen molar-refractivity contribution in [3.8, 4) is 0 Å². The van der Waals surface area contributed by atoms with E-state index >= 15 is 0 Å². The van der Waals surface area contributed by atoms with Crippen LogP contribution in [0.1, 0.15) is 71.9 Å². The maximum absolute atomic E-state index is 12.7. The number of nitrogens with two attached hydrogens (primary N) is 1. The summed E-state index contributed by atoms with van der Waals surface area (Å²) in [5, 5.41) is 26.4. The summed E-state index contributed by atoms with van der Waals surface area (Å²) >= 11 is 1.09. The van der Waals surface area contributed by atoms with E-state index in [1.807, 2.05) is 12.2 Å². The van der Waals surface area contributed by atoms with Crippen LogP contribution in [-0.4, -0.2) is 123 Å². The molecule has 0 radical (unpaired) electrons. The summed E-state index contributed by atoms with van der Waals surface area (Å²) in [6.45, 7) is 2.66. The molecular weight excluding hydrogens is 867 g/mol. The molecule has 1 aliphatic heterocycles. The molecule has 0 bridgehead atoms. The summed E-state index contributed by atoms with van der Waals surface area (Å²) < 4.78 is 62.2. The van der Waals surface area contributed by atoms with Gasteiger partial charge in [0.05, 0.1) is 19.5 Å². The number of nitrogens with zero attached hydrogens (tertiary/aromatic N) is 4. The third-order valence-corrected chi connectivity index (χ3v) is 12.4. The van der Waals surface area contributed by atoms with Gasteiger partial charge in [-0.2, -0.15) is 4.31 Å². The number of carbonyl (C=O) groups is 3. The highest BCUT2D eigenvalue weighted by Gasteiger charge is 2.50. The molecule has 0 spiro atoms. The van der Waals surface area contributed by atoms with Crippen LogP contribution in [0, 0.1) is 5.41 Å². The number of imidazole rings is 1. The molecular formula is C31H52N7O17P3S. The van der Waals surface area contributed by atoms with Gasteiger partial charge in [-0.15, -0.1) is 0 Å². The highest BCUT2D eigenvalue weighted by Crippen LogP contribution is 2.61. The summed E-state index contributed by atoms with van der Waals surface area (Å²) in [5.74, 6) is -1.08. The van der Waals surface area contributed by atoms with Crippen LogP contribution < -0.4 is 16.4 Å². The number of allylic oxidation sites excluding steroid dienone is 2. The third-order valence-electron chi connectivity index (χ3n) is 8.44. The predicted molar refractivity (Wildman–Crippen MR) is 210 cm³/mol. The van der Waals surface area contributed by atoms with Crippen molar-refractivity contribution in [2.75, 3.05) is 37.8 Å². The second kappa shape index (κ2) is 22.9. The Labute approximate surface area is 343 Å². The molecule has 334 valence electrons. The van der Waals surface area contributed by atoms with Crippen LogP contribution in [0.25, 0.3) is 11.2 Å². The van der Waals surface area contributed by atoms with E-state index in [1.165, 1.54) is 20.3 Å². The first-order chi connectivity index (χ1) is 27.6. The third kappa shape index (κ3) is 16.9. The van der Waals surface area contributed by atoms with Crippen molar-refractivity contribution in [1.82, 2.24) is 30.2 Å². The minimum Gasteiger partial charge on any atom is -0.386 e. The summed E-state index contributed by atoms with van der Waals surface area (Å²) in [6, 6.07) is 0. The molecule has 1 aliphatic rings. The zero-order chi connectivity index (χ0) is 44.0. The Kier molecular flexibility index (Phi) is 19.7. The van der Waals surface area contributed by atoms with E-state index in [9.17, 15) is 57.9 Å². The van der Waals surface area contributed by atoms with Gasteiger partial charge in [0.25, 0.3) is 0 Å². The van der Waals surface area contributed by atoms with Gasteiger partial charge in [0.2, 0.25) is 11.8 Å². The Morgan fingerprint density at radius 1 is 1.03 bits per heavy atom. The normalized spacial score (nSPS) is 21.3. The molecule has 0 aliphatic carbocycles. The van der Waals surface area contributed by atoms with Gasteiger partial charge in [-0.3, -0.25) is 32.5 Å². The van der Waals surface area contributed by atoms with Crippen molar-refractivity contribution in [1.29, 1.82) is 0 Å². The van der Waals surface area contributed by atoms with Gasteiger partial charge in [-0.25, -0.2) is 28.6 Å². The Hall–Kier alpha value is -2.70. The fourth-order valence-corrected chi connectivity index (χ4v) is 8.82. The van der Waals surface area contributed by atoms with E-state index in [0.717, 1.165) is 54.7 Å². The number of aromatic nitrogens is 4. The lowest BCUT2D eigenvalue weighted by Gasteiger charge is -2.30. The Morgan fingerprint density at radius 3 is 2.44 bits per heavy atom. The highest BCUT2D eigenvalue weighted by atomic mass is 32.2. The molecule has 0 saturated carbocycles. The maximum Gasteiger partial charge on any atom is 0.481 e. The van der Waals surface area contributed by atoms with Gasteiger partial charge in [-0.05, 0) is 12.8 Å². The number of hydrogen-bond donors (Lipinski definition) is 9. The fraction of sp³-hybridized carbons (Fsp3) is 0.677. The van der Waals surface area contributed by atoms with Crippen LogP contribution in [0.4, 0.5) is 5.82 Å². The van der Waals surface area contributed by atoms with Crippen molar-refractivity contribution >= 4 is 69.1 Å². The van der Waals surface area contributed by atoms with Gasteiger partial charge in [0.1, 0.15) is 36.3 Å². The maximum atomic E-state index is 12.7. The number of anilines is 1. The number of fused-ring (bicyclic) bond motifs is 1. The number of phosphoric acid groups is 3. The molecule has 28 heteroatoms. The molecule has 1 fully saturated rings. The quantitative estimate of drug-likeness (QED) is 0.0367. The second-order valence-electron chi connectivity index (χ2n) is 13.8. The van der Waals surface area contributed by atoms with Gasteiger partial charge in [0.15, 0.2) is 22.8 Å². The summed E-state index contributed by atoms with van der Waals surface area (Å²) in [4.78, 5) is 87.7. The number of ether oxygens (including phenoxy) is 1. The van der Waals surface area contributed by atoms with Crippen molar-refractivity contribution in [3.05, 3.63) is 24.8 Å². The Bertz CT molecular complexity index is 1900. The van der Waals surface area contributed by atoms with Gasteiger partial charge >= 0.3 is 23.5 Å². The van der Waals surface area contributed by atoms with Crippen LogP contribution in [0.5, 0.6) is 0 Å². The average molecular weight is 920 g/mol. The molecule has 2 aromatic heterocycles. The standard InChI is InChI=1S/C31H52N7O17P3S/c1-4-5-6-7-8-9-10-11-22(40)59-15-14-33-21(39)12-13-34-29(43)26(42)31(2,3)17-52-58(49,50)55-57(47,48)51-16-20-25(54-56(44,45)46)24(41)30(53-20)38-19-37-23-27(32)35-18-36-28(23)38/h9-10,18-20,24-26,30,41-42H,4-8,11-17H2,1-3H3,(H,33,39)(H,34,43)(H,47,48)(H,49,50)(H2,32,35,36)(H2,44,45,46)/b10-9-/t20-,24-,25-,26+,30-/m1/s1. The predicted octanol–water partition coefficient (Wildman–Crippen LogP) is 1.58. The number of rotatable bonds is 26. The number of aliphatic hydroxyl groups excluding tert-OH is 2. The number of aliphatic hydroxyl groups is 2. The molecule has 3 heterocycles. The molecule has 10 N–H and O–H groups in total. The SMILES string of the molecule is CCCCCC/C=C\CC(=O)SCCNC(=O)CCNC(=O)[C@H](O)C(C)(C)COP(=O)(O)OP(=O)(O)OC[C@H]1O[C@@H](n2cnc3c(N)ncnc32)[C@H](O)[C@@H]1OP(=O)(O)O. The van der Waals surface area contributed by atoms with Crippen LogP contribution in [0.2, 0.25) is 0 Å². The van der Waals surface area contributed by atoms with Crippen molar-refractivity contribution in [2.24, 2.45) is 5.41 Å². The number of hydrogen-bond acceptors (Lipinski definition) is 18. The van der Waals surface area contributed by atoms with Crippen LogP contribution in [0.15, 0.2) is 24.8 Å². The molecule has 1 saturated heterocycles. The number of unbranched alkanes of at least 4 members (excludes halogenated alkanes) is 4. The first-order valence-electron chi connectivity index (χ1n) is 18.3. The number of carbonyl (C=O) groups excluding carboxylic acids is 3. The van der Waals surface area contributed by atoms with Gasteiger partial charge in [0, 0.05) is 37.1 Å². The minimum absolute atomic E-state index is 0.0269. The Morgan fingerprint density at radius 2 is 1.75 bits per heavy atom. The first kappa shape index (κ1) is 50.7. The van der Waals surface area contributed by atoms with E-state index < -0.39 is 84.6 Å². The fourth-order valence-electron chi connectivity index (χ4n) is 5.34. The lowest BCUT2D eigenvalue weighted by Crippen LogP contribution is -2.46. The van der Waals surface area contributed by atoms with Gasteiger partial charge in [-0.1, -0.05) is 63.9 Å². The molecule has 7 atom stereocenters. The lowest BCUT2D eigenvalue weighted by molar-refractivity contribution is -0.137. The van der Waals surface area contributed by atoms with Crippen LogP contribution >= 0.6 is 35.2 Å². The summed E-state index contributed by atoms with van der Waals surface area (Å²) in [5.41, 5.74) is 4.27. The first-order valence-corrected chi connectivity index (χ1v) is 23.8. The van der Waals surface area contributed by atoms with Crippen molar-refractivity contribution < 1.29 is 80.5 Å². The number of nitrogens with one attached hydrogen (secondary N) is 2. The smallest absolute Gasteiger partial charge is 0.386 e. The molecule has 24 nitrogen and oxygen atoms in total. The summed E-state index contributed by atoms with van der Waals surface area (Å²) in [6.07, 6.45) is 2.76. The summed E-state index contributed by atoms with van der Waals surface area (Å²) in [7, 11) is -16.4. The molecule has 3 rings (SSSR count). The molecule has 2 unspecified atom stereocenters. The van der Waals surface area contributed by atoms with E-state index in [2.05, 4.69) is 41.3 Å². The Balaban J connectivity index is 1.43. The van der Waals surface area contributed by atoms with Crippen LogP contribution in [0.3, 0.4) is 0 Å². The minimum atomic E-state index is -5.57. The van der Waals surface area contributed by atoms with E-state index in [1.54, 1.807) is 0 Å². The molecule has 59 heavy (non-hydrogen) atoms. The van der Waals surface area contributed by atoms with E-state index in [4.69, 9.17) is 19.5 Å². The topological polar surface area (TPSA) is 364 Å². The largest absolute Gasteiger partial charge is 0.481 e. The number of phosphoric ester groups is 3. The monoisotopic (exact) mass is 919 g/mol. The number of thioether (sulfide) groups is 1.